The highest BCUT2D eigenvalue weighted by Crippen LogP contribution is 2.32. The standard InChI is InChI=1S/C13H8F3NO3S2/c14-13(15,16)8-3-1-7(2-4-8)5-9-11(20)22-12(17-9)21-6-10(18)19/h1-5H,6H2,(H,18,19). The van der Waals surface area contributed by atoms with Crippen LogP contribution in [0.3, 0.4) is 0 Å². The highest BCUT2D eigenvalue weighted by molar-refractivity contribution is 8.45. The van der Waals surface area contributed by atoms with E-state index in [4.69, 9.17) is 5.11 Å². The molecule has 0 bridgehead atoms. The maximum atomic E-state index is 12.4. The Kier molecular flexibility index (Phi) is 4.97. The minimum Gasteiger partial charge on any atom is -0.481 e. The number of aliphatic carboxylic acids is 1. The summed E-state index contributed by atoms with van der Waals surface area (Å²) < 4.78 is 37.6. The Morgan fingerprint density at radius 1 is 1.32 bits per heavy atom. The quantitative estimate of drug-likeness (QED) is 0.848. The molecule has 116 valence electrons. The average Bonchev–Trinajstić information content (AvgIpc) is 2.77. The molecule has 1 aromatic carbocycles. The second kappa shape index (κ2) is 6.57. The third-order valence-corrected chi connectivity index (χ3v) is 4.45. The predicted octanol–water partition coefficient (Wildman–Crippen LogP) is 3.49. The topological polar surface area (TPSA) is 66.7 Å². The maximum Gasteiger partial charge on any atom is 0.416 e. The van der Waals surface area contributed by atoms with Gasteiger partial charge in [0, 0.05) is 0 Å². The number of carbonyl (C=O) groups excluding carboxylic acids is 1. The molecule has 1 aliphatic heterocycles. The summed E-state index contributed by atoms with van der Waals surface area (Å²) in [6.45, 7) is 0. The smallest absolute Gasteiger partial charge is 0.416 e. The summed E-state index contributed by atoms with van der Waals surface area (Å²) in [5.41, 5.74) is -0.286. The van der Waals surface area contributed by atoms with Crippen molar-refractivity contribution in [1.82, 2.24) is 0 Å². The van der Waals surface area contributed by atoms with E-state index in [2.05, 4.69) is 4.99 Å². The highest BCUT2D eigenvalue weighted by atomic mass is 32.2. The van der Waals surface area contributed by atoms with Gasteiger partial charge in [-0.1, -0.05) is 23.9 Å². The lowest BCUT2D eigenvalue weighted by Crippen LogP contribution is -2.04. The normalized spacial score (nSPS) is 17.0. The van der Waals surface area contributed by atoms with Gasteiger partial charge in [0.1, 0.15) is 10.1 Å². The molecule has 1 heterocycles. The number of alkyl halides is 3. The van der Waals surface area contributed by atoms with Crippen molar-refractivity contribution in [3.8, 4) is 0 Å². The molecule has 0 unspecified atom stereocenters. The molecule has 0 radical (unpaired) electrons. The van der Waals surface area contributed by atoms with Crippen molar-refractivity contribution in [1.29, 1.82) is 0 Å². The SMILES string of the molecule is O=C(O)CSC1=NC(=Cc2ccc(C(F)(F)F)cc2)C(=O)S1. The van der Waals surface area contributed by atoms with Gasteiger partial charge in [-0.15, -0.1) is 0 Å². The summed E-state index contributed by atoms with van der Waals surface area (Å²) >= 11 is 1.72. The number of carbonyl (C=O) groups is 2. The van der Waals surface area contributed by atoms with Gasteiger partial charge in [0.15, 0.2) is 0 Å². The summed E-state index contributed by atoms with van der Waals surface area (Å²) in [6.07, 6.45) is -3.05. The Morgan fingerprint density at radius 2 is 1.95 bits per heavy atom. The van der Waals surface area contributed by atoms with Crippen LogP contribution in [0.5, 0.6) is 0 Å². The fourth-order valence-corrected chi connectivity index (χ4v) is 3.06. The van der Waals surface area contributed by atoms with Crippen LogP contribution in [0.4, 0.5) is 13.2 Å². The van der Waals surface area contributed by atoms with Crippen LogP contribution in [-0.4, -0.2) is 26.3 Å². The number of hydrogen-bond acceptors (Lipinski definition) is 5. The number of benzene rings is 1. The molecule has 0 amide bonds. The Labute approximate surface area is 131 Å². The van der Waals surface area contributed by atoms with Gasteiger partial charge in [-0.2, -0.15) is 13.2 Å². The van der Waals surface area contributed by atoms with Crippen LogP contribution in [-0.2, 0) is 15.8 Å². The number of hydrogen-bond donors (Lipinski definition) is 1. The number of carboxylic acids is 1. The Balaban J connectivity index is 2.15. The largest absolute Gasteiger partial charge is 0.481 e. The van der Waals surface area contributed by atoms with E-state index < -0.39 is 17.7 Å². The summed E-state index contributed by atoms with van der Waals surface area (Å²) in [5, 5.41) is 8.19. The number of aliphatic imine (C=N–C) groups is 1. The molecule has 4 nitrogen and oxygen atoms in total. The van der Waals surface area contributed by atoms with E-state index in [0.717, 1.165) is 35.7 Å². The summed E-state index contributed by atoms with van der Waals surface area (Å²) in [6, 6.07) is 4.32. The highest BCUT2D eigenvalue weighted by Gasteiger charge is 2.30. The molecule has 9 heteroatoms. The first-order chi connectivity index (χ1) is 10.3. The zero-order valence-electron chi connectivity index (χ0n) is 10.8. The molecule has 0 fully saturated rings. The van der Waals surface area contributed by atoms with Crippen molar-refractivity contribution in [2.24, 2.45) is 4.99 Å². The van der Waals surface area contributed by atoms with Crippen molar-refractivity contribution in [3.05, 3.63) is 41.1 Å². The van der Waals surface area contributed by atoms with E-state index in [1.807, 2.05) is 0 Å². The van der Waals surface area contributed by atoms with Gasteiger partial charge in [-0.05, 0) is 35.5 Å². The number of rotatable bonds is 3. The van der Waals surface area contributed by atoms with Crippen LogP contribution in [0, 0.1) is 0 Å². The van der Waals surface area contributed by atoms with E-state index in [1.165, 1.54) is 18.2 Å². The predicted molar refractivity (Wildman–Crippen MR) is 79.5 cm³/mol. The second-order valence-corrected chi connectivity index (χ2v) is 6.28. The first-order valence-corrected chi connectivity index (χ1v) is 7.60. The lowest BCUT2D eigenvalue weighted by molar-refractivity contribution is -0.137. The number of nitrogens with zero attached hydrogens (tertiary/aromatic N) is 1. The average molecular weight is 347 g/mol. The van der Waals surface area contributed by atoms with Crippen LogP contribution in [0.1, 0.15) is 11.1 Å². The first kappa shape index (κ1) is 16.6. The van der Waals surface area contributed by atoms with E-state index in [-0.39, 0.29) is 16.6 Å². The fraction of sp³-hybridized carbons (Fsp3) is 0.154. The molecular formula is C13H8F3NO3S2. The summed E-state index contributed by atoms with van der Waals surface area (Å²) in [5.74, 6) is -1.24. The van der Waals surface area contributed by atoms with Gasteiger partial charge in [0.05, 0.1) is 11.3 Å². The molecule has 0 saturated carbocycles. The third-order valence-electron chi connectivity index (χ3n) is 2.46. The van der Waals surface area contributed by atoms with Crippen molar-refractivity contribution in [2.45, 2.75) is 6.18 Å². The third kappa shape index (κ3) is 4.38. The monoisotopic (exact) mass is 347 g/mol. The Morgan fingerprint density at radius 3 is 2.50 bits per heavy atom. The molecule has 0 saturated heterocycles. The Hall–Kier alpha value is -1.74. The van der Waals surface area contributed by atoms with E-state index >= 15 is 0 Å². The number of carboxylic acid groups (broad SMARTS) is 1. The zero-order chi connectivity index (χ0) is 16.3. The minimum absolute atomic E-state index is 0.0812. The van der Waals surface area contributed by atoms with E-state index in [0.29, 0.717) is 9.94 Å². The van der Waals surface area contributed by atoms with Gasteiger partial charge in [0.25, 0.3) is 0 Å². The molecule has 0 aromatic heterocycles. The molecule has 2 rings (SSSR count). The van der Waals surface area contributed by atoms with Crippen LogP contribution in [0.2, 0.25) is 0 Å². The van der Waals surface area contributed by atoms with Gasteiger partial charge in [-0.3, -0.25) is 9.59 Å². The van der Waals surface area contributed by atoms with Crippen molar-refractivity contribution < 1.29 is 27.9 Å². The molecule has 1 aromatic rings. The van der Waals surface area contributed by atoms with Crippen LogP contribution in [0.15, 0.2) is 35.0 Å². The summed E-state index contributed by atoms with van der Waals surface area (Å²) in [7, 11) is 0. The van der Waals surface area contributed by atoms with Crippen molar-refractivity contribution in [3.63, 3.8) is 0 Å². The molecule has 22 heavy (non-hydrogen) atoms. The van der Waals surface area contributed by atoms with Crippen LogP contribution in [0.25, 0.3) is 6.08 Å². The Bertz CT molecular complexity index is 666. The van der Waals surface area contributed by atoms with Gasteiger partial charge in [0.2, 0.25) is 5.12 Å². The lowest BCUT2D eigenvalue weighted by Gasteiger charge is -2.05. The molecule has 0 aliphatic carbocycles. The molecular weight excluding hydrogens is 339 g/mol. The maximum absolute atomic E-state index is 12.4. The first-order valence-electron chi connectivity index (χ1n) is 5.80. The van der Waals surface area contributed by atoms with Crippen LogP contribution < -0.4 is 0 Å². The van der Waals surface area contributed by atoms with Crippen LogP contribution >= 0.6 is 23.5 Å². The van der Waals surface area contributed by atoms with Gasteiger partial charge >= 0.3 is 12.1 Å². The second-order valence-electron chi connectivity index (χ2n) is 4.10. The van der Waals surface area contributed by atoms with E-state index in [1.54, 1.807) is 0 Å². The fourth-order valence-electron chi connectivity index (χ4n) is 1.50. The van der Waals surface area contributed by atoms with E-state index in [9.17, 15) is 22.8 Å². The van der Waals surface area contributed by atoms with Crippen molar-refractivity contribution in [2.75, 3.05) is 5.75 Å². The minimum atomic E-state index is -4.41. The summed E-state index contributed by atoms with van der Waals surface area (Å²) in [4.78, 5) is 26.1. The number of thioether (sulfide) groups is 2. The number of halogens is 3. The zero-order valence-corrected chi connectivity index (χ0v) is 12.4. The molecule has 1 aliphatic rings. The lowest BCUT2D eigenvalue weighted by atomic mass is 10.1. The molecule has 0 spiro atoms. The molecule has 1 N–H and O–H groups in total. The molecule has 0 atom stereocenters. The van der Waals surface area contributed by atoms with Gasteiger partial charge < -0.3 is 5.11 Å². The van der Waals surface area contributed by atoms with Crippen molar-refractivity contribution >= 4 is 45.1 Å². The van der Waals surface area contributed by atoms with Gasteiger partial charge in [-0.25, -0.2) is 4.99 Å².